The van der Waals surface area contributed by atoms with Gasteiger partial charge in [-0.25, -0.2) is 0 Å². The summed E-state index contributed by atoms with van der Waals surface area (Å²) in [6.07, 6.45) is 10.4. The van der Waals surface area contributed by atoms with Crippen LogP contribution in [0.1, 0.15) is 57.4 Å². The molecule has 1 saturated carbocycles. The number of benzene rings is 1. The Morgan fingerprint density at radius 1 is 1.06 bits per heavy atom. The lowest BCUT2D eigenvalue weighted by molar-refractivity contribution is 0.336. The molecular formula is C16H26O. The van der Waals surface area contributed by atoms with Gasteiger partial charge in [-0.2, -0.15) is 0 Å². The van der Waals surface area contributed by atoms with E-state index in [4.69, 9.17) is 5.11 Å². The fourth-order valence-corrected chi connectivity index (χ4v) is 2.43. The predicted octanol–water partition coefficient (Wildman–Crippen LogP) is 5.07. The first-order valence-electron chi connectivity index (χ1n) is 6.98. The van der Waals surface area contributed by atoms with Crippen molar-refractivity contribution in [1.82, 2.24) is 0 Å². The van der Waals surface area contributed by atoms with Gasteiger partial charge in [-0.3, -0.25) is 0 Å². The Balaban J connectivity index is 0.000000171. The number of rotatable bonds is 2. The van der Waals surface area contributed by atoms with Crippen LogP contribution >= 0.6 is 0 Å². The van der Waals surface area contributed by atoms with E-state index in [1.54, 1.807) is 12.1 Å². The summed E-state index contributed by atoms with van der Waals surface area (Å²) in [4.78, 5) is 0. The second kappa shape index (κ2) is 8.16. The van der Waals surface area contributed by atoms with E-state index in [-0.39, 0.29) is 0 Å². The summed E-state index contributed by atoms with van der Waals surface area (Å²) in [6.45, 7) is 4.29. The van der Waals surface area contributed by atoms with Crippen LogP contribution in [-0.2, 0) is 0 Å². The average molecular weight is 234 g/mol. The van der Waals surface area contributed by atoms with Crippen LogP contribution in [0.25, 0.3) is 0 Å². The van der Waals surface area contributed by atoms with Gasteiger partial charge in [0.2, 0.25) is 0 Å². The van der Waals surface area contributed by atoms with Crippen LogP contribution in [0.15, 0.2) is 24.3 Å². The monoisotopic (exact) mass is 234 g/mol. The van der Waals surface area contributed by atoms with Crippen LogP contribution in [0.3, 0.4) is 0 Å². The van der Waals surface area contributed by atoms with Crippen molar-refractivity contribution in [1.29, 1.82) is 0 Å². The van der Waals surface area contributed by atoms with Crippen molar-refractivity contribution in [3.05, 3.63) is 29.8 Å². The van der Waals surface area contributed by atoms with E-state index < -0.39 is 0 Å². The average Bonchev–Trinajstić information content (AvgIpc) is 2.36. The van der Waals surface area contributed by atoms with Gasteiger partial charge < -0.3 is 5.11 Å². The van der Waals surface area contributed by atoms with Gasteiger partial charge in [0.1, 0.15) is 5.75 Å². The second-order valence-corrected chi connectivity index (χ2v) is 5.13. The van der Waals surface area contributed by atoms with Gasteiger partial charge in [0.15, 0.2) is 0 Å². The molecule has 0 spiro atoms. The largest absolute Gasteiger partial charge is 0.508 e. The molecular weight excluding hydrogens is 208 g/mol. The highest BCUT2D eigenvalue weighted by atomic mass is 16.3. The van der Waals surface area contributed by atoms with Crippen LogP contribution in [0.4, 0.5) is 0 Å². The van der Waals surface area contributed by atoms with Crippen molar-refractivity contribution in [2.75, 3.05) is 0 Å². The molecule has 0 aliphatic heterocycles. The first-order chi connectivity index (χ1) is 8.22. The quantitative estimate of drug-likeness (QED) is 0.757. The van der Waals surface area contributed by atoms with E-state index >= 15 is 0 Å². The molecule has 1 aliphatic carbocycles. The molecule has 17 heavy (non-hydrogen) atoms. The molecule has 0 radical (unpaired) electrons. The van der Waals surface area contributed by atoms with E-state index in [0.717, 1.165) is 5.92 Å². The van der Waals surface area contributed by atoms with Crippen molar-refractivity contribution in [3.63, 3.8) is 0 Å². The van der Waals surface area contributed by atoms with Crippen molar-refractivity contribution in [2.45, 2.75) is 58.8 Å². The number of aryl methyl sites for hydroxylation is 1. The van der Waals surface area contributed by atoms with Gasteiger partial charge in [-0.1, -0.05) is 69.6 Å². The lowest BCUT2D eigenvalue weighted by Gasteiger charge is -2.20. The first kappa shape index (κ1) is 14.1. The van der Waals surface area contributed by atoms with Gasteiger partial charge in [0, 0.05) is 0 Å². The number of hydrogen-bond acceptors (Lipinski definition) is 1. The van der Waals surface area contributed by atoms with E-state index in [9.17, 15) is 0 Å². The van der Waals surface area contributed by atoms with Crippen LogP contribution < -0.4 is 0 Å². The summed E-state index contributed by atoms with van der Waals surface area (Å²) in [7, 11) is 0. The maximum Gasteiger partial charge on any atom is 0.115 e. The molecule has 1 aromatic carbocycles. The first-order valence-corrected chi connectivity index (χ1v) is 6.98. The molecule has 0 unspecified atom stereocenters. The molecule has 1 fully saturated rings. The Bertz CT molecular complexity index is 259. The third-order valence-electron chi connectivity index (χ3n) is 3.46. The minimum Gasteiger partial charge on any atom is -0.508 e. The van der Waals surface area contributed by atoms with Crippen molar-refractivity contribution < 1.29 is 5.11 Å². The Hall–Kier alpha value is -0.980. The highest BCUT2D eigenvalue weighted by Gasteiger charge is 2.10. The highest BCUT2D eigenvalue weighted by molar-refractivity contribution is 5.24. The van der Waals surface area contributed by atoms with E-state index in [2.05, 4.69) is 6.92 Å². The molecule has 1 aliphatic rings. The molecule has 1 heteroatoms. The summed E-state index contributed by atoms with van der Waals surface area (Å²) in [5, 5.41) is 8.76. The molecule has 0 saturated heterocycles. The summed E-state index contributed by atoms with van der Waals surface area (Å²) in [5.74, 6) is 1.43. The molecule has 2 rings (SSSR count). The lowest BCUT2D eigenvalue weighted by atomic mass is 9.86. The van der Waals surface area contributed by atoms with Crippen molar-refractivity contribution >= 4 is 0 Å². The molecule has 0 amide bonds. The fourth-order valence-electron chi connectivity index (χ4n) is 2.43. The highest BCUT2D eigenvalue weighted by Crippen LogP contribution is 2.26. The molecule has 0 bridgehead atoms. The molecule has 96 valence electrons. The standard InChI is InChI=1S/C9H18.C7H8O/c1-2-6-9-7-4-3-5-8-9;1-6-2-4-7(8)5-3-6/h9H,2-8H2,1H3;2-5,8H,1H3. The van der Waals surface area contributed by atoms with E-state index in [1.165, 1.54) is 50.5 Å². The van der Waals surface area contributed by atoms with E-state index in [0.29, 0.717) is 5.75 Å². The van der Waals surface area contributed by atoms with Gasteiger partial charge in [-0.15, -0.1) is 0 Å². The van der Waals surface area contributed by atoms with Crippen molar-refractivity contribution in [2.24, 2.45) is 5.92 Å². The number of aromatic hydroxyl groups is 1. The zero-order chi connectivity index (χ0) is 12.5. The third-order valence-corrected chi connectivity index (χ3v) is 3.46. The topological polar surface area (TPSA) is 20.2 Å². The summed E-state index contributed by atoms with van der Waals surface area (Å²) < 4.78 is 0. The van der Waals surface area contributed by atoms with Crippen LogP contribution in [-0.4, -0.2) is 5.11 Å². The van der Waals surface area contributed by atoms with Gasteiger partial charge in [-0.05, 0) is 25.0 Å². The second-order valence-electron chi connectivity index (χ2n) is 5.13. The minimum absolute atomic E-state index is 0.329. The summed E-state index contributed by atoms with van der Waals surface area (Å²) >= 11 is 0. The van der Waals surface area contributed by atoms with Crippen molar-refractivity contribution in [3.8, 4) is 5.75 Å². The predicted molar refractivity (Wildman–Crippen MR) is 74.3 cm³/mol. The smallest absolute Gasteiger partial charge is 0.115 e. The Morgan fingerprint density at radius 2 is 1.65 bits per heavy atom. The zero-order valence-corrected chi connectivity index (χ0v) is 11.3. The van der Waals surface area contributed by atoms with Gasteiger partial charge in [0.25, 0.3) is 0 Å². The summed E-state index contributed by atoms with van der Waals surface area (Å²) in [5.41, 5.74) is 1.17. The molecule has 0 atom stereocenters. The Labute approximate surface area is 106 Å². The normalized spacial score (nSPS) is 16.1. The van der Waals surface area contributed by atoms with Gasteiger partial charge >= 0.3 is 0 Å². The SMILES string of the molecule is CCCC1CCCCC1.Cc1ccc(O)cc1. The number of phenolic OH excluding ortho intramolecular Hbond substituents is 1. The molecule has 1 nitrogen and oxygen atoms in total. The molecule has 0 aromatic heterocycles. The summed E-state index contributed by atoms with van der Waals surface area (Å²) in [6, 6.07) is 7.09. The lowest BCUT2D eigenvalue weighted by Crippen LogP contribution is -2.04. The van der Waals surface area contributed by atoms with E-state index in [1.807, 2.05) is 19.1 Å². The molecule has 1 aromatic rings. The molecule has 0 heterocycles. The van der Waals surface area contributed by atoms with Gasteiger partial charge in [0.05, 0.1) is 0 Å². The zero-order valence-electron chi connectivity index (χ0n) is 11.3. The maximum absolute atomic E-state index is 8.76. The van der Waals surface area contributed by atoms with Crippen LogP contribution in [0.2, 0.25) is 0 Å². The third kappa shape index (κ3) is 6.35. The Kier molecular flexibility index (Phi) is 6.76. The van der Waals surface area contributed by atoms with Crippen LogP contribution in [0, 0.1) is 12.8 Å². The number of hydrogen-bond donors (Lipinski definition) is 1. The minimum atomic E-state index is 0.329. The fraction of sp³-hybridized carbons (Fsp3) is 0.625. The van der Waals surface area contributed by atoms with Crippen LogP contribution in [0.5, 0.6) is 5.75 Å². The maximum atomic E-state index is 8.76. The Morgan fingerprint density at radius 3 is 2.12 bits per heavy atom. The molecule has 1 N–H and O–H groups in total. The number of phenols is 1.